The number of aromatic nitrogens is 1. The summed E-state index contributed by atoms with van der Waals surface area (Å²) in [7, 11) is 0. The van der Waals surface area contributed by atoms with E-state index in [2.05, 4.69) is 5.32 Å². The Hall–Kier alpha value is -4.69. The molecule has 0 bridgehead atoms. The molecule has 1 aromatic heterocycles. The van der Waals surface area contributed by atoms with E-state index in [-0.39, 0.29) is 17.5 Å². The second kappa shape index (κ2) is 12.7. The van der Waals surface area contributed by atoms with Crippen LogP contribution in [0.5, 0.6) is 5.75 Å². The minimum atomic E-state index is -1.52. The number of ether oxygens (including phenoxy) is 2. The average Bonchev–Trinajstić information content (AvgIpc) is 2.99. The summed E-state index contributed by atoms with van der Waals surface area (Å²) in [5.74, 6) is -0.908. The number of benzene rings is 3. The van der Waals surface area contributed by atoms with E-state index in [4.69, 9.17) is 9.47 Å². The summed E-state index contributed by atoms with van der Waals surface area (Å²) in [6, 6.07) is 20.5. The lowest BCUT2D eigenvalue weighted by molar-refractivity contribution is -0.160. The van der Waals surface area contributed by atoms with E-state index in [0.29, 0.717) is 29.2 Å². The van der Waals surface area contributed by atoms with Crippen molar-refractivity contribution in [2.45, 2.75) is 72.5 Å². The van der Waals surface area contributed by atoms with Crippen LogP contribution in [0.25, 0.3) is 16.8 Å². The Morgan fingerprint density at radius 1 is 1.00 bits per heavy atom. The van der Waals surface area contributed by atoms with Crippen molar-refractivity contribution in [2.24, 2.45) is 0 Å². The third-order valence-electron chi connectivity index (χ3n) is 8.05. The predicted octanol–water partition coefficient (Wildman–Crippen LogP) is 6.88. The van der Waals surface area contributed by atoms with Gasteiger partial charge in [-0.1, -0.05) is 30.3 Å². The first-order valence-electron chi connectivity index (χ1n) is 15.2. The number of carbonyl (C=O) groups is 2. The number of fused-ring (bicyclic) bond motifs is 1. The molecule has 0 fully saturated rings. The molecule has 0 saturated heterocycles. The number of anilines is 1. The van der Waals surface area contributed by atoms with E-state index in [1.807, 2.05) is 63.2 Å². The fourth-order valence-electron chi connectivity index (χ4n) is 5.85. The highest BCUT2D eigenvalue weighted by molar-refractivity contribution is 5.93. The molecule has 1 atom stereocenters. The molecule has 234 valence electrons. The van der Waals surface area contributed by atoms with Crippen molar-refractivity contribution in [2.75, 3.05) is 11.9 Å². The molecule has 4 aromatic rings. The molecule has 1 amide bonds. The number of hydrogen-bond acceptors (Lipinski definition) is 5. The van der Waals surface area contributed by atoms with E-state index in [9.17, 15) is 19.5 Å². The Labute approximate surface area is 263 Å². The zero-order chi connectivity index (χ0) is 32.5. The van der Waals surface area contributed by atoms with Crippen LogP contribution in [0.4, 0.5) is 5.69 Å². The minimum absolute atomic E-state index is 0.0629. The smallest absolute Gasteiger partial charge is 0.337 e. The molecule has 0 radical (unpaired) electrons. The number of aryl methyl sites for hydroxylation is 3. The number of nitrogens with zero attached hydrogens (tertiary/aromatic N) is 1. The van der Waals surface area contributed by atoms with Gasteiger partial charge in [-0.15, -0.1) is 0 Å². The lowest BCUT2D eigenvalue weighted by Crippen LogP contribution is -2.35. The van der Waals surface area contributed by atoms with Crippen LogP contribution in [-0.4, -0.2) is 33.8 Å². The molecule has 5 rings (SSSR count). The van der Waals surface area contributed by atoms with E-state index in [0.717, 1.165) is 40.8 Å². The molecule has 2 N–H and O–H groups in total. The Morgan fingerprint density at radius 2 is 1.73 bits per heavy atom. The average molecular weight is 609 g/mol. The molecule has 0 aliphatic carbocycles. The number of carbonyl (C=O) groups excluding carboxylic acids is 1. The van der Waals surface area contributed by atoms with Crippen LogP contribution < -0.4 is 15.6 Å². The fourth-order valence-corrected chi connectivity index (χ4v) is 5.85. The molecule has 1 unspecified atom stereocenters. The van der Waals surface area contributed by atoms with Crippen molar-refractivity contribution >= 4 is 17.6 Å². The Kier molecular flexibility index (Phi) is 8.98. The normalized spacial score (nSPS) is 13.5. The number of carboxylic acid groups (broad SMARTS) is 1. The van der Waals surface area contributed by atoms with Crippen molar-refractivity contribution in [3.63, 3.8) is 0 Å². The van der Waals surface area contributed by atoms with Gasteiger partial charge in [-0.3, -0.25) is 14.2 Å². The molecule has 0 spiro atoms. The zero-order valence-corrected chi connectivity index (χ0v) is 26.7. The highest BCUT2D eigenvalue weighted by Gasteiger charge is 2.35. The van der Waals surface area contributed by atoms with Gasteiger partial charge in [0.15, 0.2) is 6.10 Å². The molecule has 45 heavy (non-hydrogen) atoms. The monoisotopic (exact) mass is 608 g/mol. The molecule has 0 saturated carbocycles. The number of carboxylic acids is 1. The van der Waals surface area contributed by atoms with Crippen LogP contribution >= 0.6 is 0 Å². The van der Waals surface area contributed by atoms with Gasteiger partial charge in [-0.25, -0.2) is 4.79 Å². The zero-order valence-electron chi connectivity index (χ0n) is 26.7. The van der Waals surface area contributed by atoms with Crippen molar-refractivity contribution in [1.29, 1.82) is 0 Å². The van der Waals surface area contributed by atoms with Gasteiger partial charge >= 0.3 is 5.97 Å². The number of aliphatic carboxylic acids is 1. The summed E-state index contributed by atoms with van der Waals surface area (Å²) in [5, 5.41) is 13.5. The summed E-state index contributed by atoms with van der Waals surface area (Å²) in [4.78, 5) is 41.2. The summed E-state index contributed by atoms with van der Waals surface area (Å²) in [6.45, 7) is 11.7. The number of nitrogens with one attached hydrogen (secondary N) is 1. The second-order valence-electron chi connectivity index (χ2n) is 12.6. The Morgan fingerprint density at radius 3 is 2.40 bits per heavy atom. The molecule has 8 nitrogen and oxygen atoms in total. The molecular formula is C37H40N2O6. The predicted molar refractivity (Wildman–Crippen MR) is 175 cm³/mol. The third-order valence-corrected chi connectivity index (χ3v) is 8.05. The number of para-hydroxylation sites is 1. The Bertz CT molecular complexity index is 1820. The van der Waals surface area contributed by atoms with E-state index in [1.165, 1.54) is 0 Å². The van der Waals surface area contributed by atoms with E-state index < -0.39 is 29.1 Å². The molecule has 2 heterocycles. The summed E-state index contributed by atoms with van der Waals surface area (Å²) < 4.78 is 13.6. The van der Waals surface area contributed by atoms with Crippen LogP contribution in [0.15, 0.2) is 71.5 Å². The van der Waals surface area contributed by atoms with Gasteiger partial charge < -0.3 is 19.9 Å². The SMILES string of the molecule is Cc1ccc(-n2c(C)c(-c3ccc4c(c3)CCCO4)c(C(OC(C)(C)C)C(=O)O)c(CC(=O)Nc3ccccc3)c2=O)cc1C. The van der Waals surface area contributed by atoms with Gasteiger partial charge in [-0.2, -0.15) is 0 Å². The van der Waals surface area contributed by atoms with Gasteiger partial charge in [-0.05, 0) is 113 Å². The van der Waals surface area contributed by atoms with E-state index in [1.54, 1.807) is 49.6 Å². The molecule has 1 aliphatic rings. The maximum absolute atomic E-state index is 14.6. The van der Waals surface area contributed by atoms with E-state index >= 15 is 0 Å². The number of amides is 1. The van der Waals surface area contributed by atoms with Gasteiger partial charge in [0.25, 0.3) is 5.56 Å². The van der Waals surface area contributed by atoms with Crippen molar-refractivity contribution < 1.29 is 24.2 Å². The van der Waals surface area contributed by atoms with Gasteiger partial charge in [0.2, 0.25) is 5.91 Å². The number of hydrogen-bond donors (Lipinski definition) is 2. The largest absolute Gasteiger partial charge is 0.493 e. The number of rotatable bonds is 8. The first-order valence-corrected chi connectivity index (χ1v) is 15.2. The standard InChI is InChI=1S/C37H40N2O6/c1-22-14-16-28(19-23(22)2)39-24(3)32(26-15-17-30-25(20-26)11-10-18-44-30)33(34(36(42)43)45-37(4,5)6)29(35(39)41)21-31(40)38-27-12-8-7-9-13-27/h7-9,12-17,19-20,34H,10-11,18,21H2,1-6H3,(H,38,40)(H,42,43). The maximum Gasteiger partial charge on any atom is 0.337 e. The van der Waals surface area contributed by atoms with Crippen LogP contribution in [0.1, 0.15) is 66.8 Å². The molecule has 3 aromatic carbocycles. The topological polar surface area (TPSA) is 107 Å². The van der Waals surface area contributed by atoms with Gasteiger partial charge in [0, 0.05) is 33.8 Å². The van der Waals surface area contributed by atoms with Crippen molar-refractivity contribution in [3.8, 4) is 22.6 Å². The Balaban J connectivity index is 1.84. The summed E-state index contributed by atoms with van der Waals surface area (Å²) >= 11 is 0. The van der Waals surface area contributed by atoms with Crippen LogP contribution in [0, 0.1) is 20.8 Å². The highest BCUT2D eigenvalue weighted by atomic mass is 16.5. The first-order chi connectivity index (χ1) is 21.3. The summed E-state index contributed by atoms with van der Waals surface area (Å²) in [6.07, 6.45) is -0.207. The summed E-state index contributed by atoms with van der Waals surface area (Å²) in [5.41, 5.74) is 4.98. The molecule has 8 heteroatoms. The highest BCUT2D eigenvalue weighted by Crippen LogP contribution is 2.40. The number of pyridine rings is 1. The second-order valence-corrected chi connectivity index (χ2v) is 12.6. The van der Waals surface area contributed by atoms with Crippen LogP contribution in [-0.2, 0) is 27.2 Å². The van der Waals surface area contributed by atoms with Crippen molar-refractivity contribution in [3.05, 3.63) is 111 Å². The maximum atomic E-state index is 14.6. The molecular weight excluding hydrogens is 568 g/mol. The quantitative estimate of drug-likeness (QED) is 0.226. The lowest BCUT2D eigenvalue weighted by Gasteiger charge is -2.30. The third kappa shape index (κ3) is 6.86. The van der Waals surface area contributed by atoms with Gasteiger partial charge in [0.1, 0.15) is 5.75 Å². The van der Waals surface area contributed by atoms with Crippen molar-refractivity contribution in [1.82, 2.24) is 4.57 Å². The lowest BCUT2D eigenvalue weighted by atomic mass is 9.87. The molecule has 1 aliphatic heterocycles. The van der Waals surface area contributed by atoms with Gasteiger partial charge in [0.05, 0.1) is 18.6 Å². The van der Waals surface area contributed by atoms with Crippen LogP contribution in [0.2, 0.25) is 0 Å². The van der Waals surface area contributed by atoms with Crippen LogP contribution in [0.3, 0.4) is 0 Å². The minimum Gasteiger partial charge on any atom is -0.493 e. The first kappa shape index (κ1) is 31.7. The fraction of sp³-hybridized carbons (Fsp3) is 0.324.